The highest BCUT2D eigenvalue weighted by atomic mass is 79.9. The van der Waals surface area contributed by atoms with Crippen LogP contribution in [0.2, 0.25) is 0 Å². The molecule has 0 spiro atoms. The van der Waals surface area contributed by atoms with E-state index in [1.807, 2.05) is 45.0 Å². The molecule has 0 bridgehead atoms. The van der Waals surface area contributed by atoms with Crippen LogP contribution < -0.4 is 4.72 Å². The summed E-state index contributed by atoms with van der Waals surface area (Å²) in [5.74, 6) is -0.430. The van der Waals surface area contributed by atoms with Gasteiger partial charge in [0.05, 0.1) is 21.8 Å². The molecule has 6 heteroatoms. The molecule has 2 atom stereocenters. The summed E-state index contributed by atoms with van der Waals surface area (Å²) < 4.78 is 20.8. The Balaban J connectivity index is 3.06. The number of hydrogen-bond acceptors (Lipinski definition) is 3. The van der Waals surface area contributed by atoms with Crippen LogP contribution in [0, 0.1) is 0 Å². The second-order valence-electron chi connectivity index (χ2n) is 5.97. The van der Waals surface area contributed by atoms with E-state index in [2.05, 4.69) is 20.7 Å². The largest absolute Gasteiger partial charge is 0.462 e. The normalized spacial score (nSPS) is 14.8. The van der Waals surface area contributed by atoms with E-state index in [4.69, 9.17) is 4.74 Å². The Kier molecular flexibility index (Phi) is 6.56. The van der Waals surface area contributed by atoms with Gasteiger partial charge < -0.3 is 4.74 Å². The van der Waals surface area contributed by atoms with Crippen LogP contribution in [0.5, 0.6) is 0 Å². The van der Waals surface area contributed by atoms with Gasteiger partial charge in [-0.2, -0.15) is 0 Å². The number of hydrogen-bond donors (Lipinski definition) is 1. The summed E-state index contributed by atoms with van der Waals surface area (Å²) in [6.45, 7) is 9.12. The smallest absolute Gasteiger partial charge is 0.328 e. The van der Waals surface area contributed by atoms with Gasteiger partial charge in [0, 0.05) is 4.47 Å². The van der Waals surface area contributed by atoms with E-state index in [-0.39, 0.29) is 6.10 Å². The number of halogens is 1. The lowest BCUT2D eigenvalue weighted by molar-refractivity contribution is -0.149. The molecule has 0 amide bonds. The van der Waals surface area contributed by atoms with Crippen molar-refractivity contribution in [2.75, 3.05) is 0 Å². The summed E-state index contributed by atoms with van der Waals surface area (Å²) in [6.07, 6.45) is -0.225. The van der Waals surface area contributed by atoms with Crippen molar-refractivity contribution in [3.63, 3.8) is 0 Å². The molecule has 118 valence electrons. The number of esters is 1. The van der Waals surface area contributed by atoms with Crippen molar-refractivity contribution in [3.8, 4) is 0 Å². The van der Waals surface area contributed by atoms with Gasteiger partial charge >= 0.3 is 5.97 Å². The second kappa shape index (κ2) is 7.51. The Hall–Kier alpha value is -0.720. The summed E-state index contributed by atoms with van der Waals surface area (Å²) in [4.78, 5) is 12.3. The molecular weight excluding hydrogens is 354 g/mol. The number of carbonyl (C=O) groups excluding carboxylic acids is 1. The maximum absolute atomic E-state index is 12.3. The van der Waals surface area contributed by atoms with Crippen LogP contribution in [0.4, 0.5) is 0 Å². The predicted octanol–water partition coefficient (Wildman–Crippen LogP) is 3.49. The molecule has 1 rings (SSSR count). The summed E-state index contributed by atoms with van der Waals surface area (Å²) in [6, 6.07) is 6.57. The number of carbonyl (C=O) groups is 1. The fraction of sp³-hybridized carbons (Fsp3) is 0.533. The highest BCUT2D eigenvalue weighted by Gasteiger charge is 2.29. The third-order valence-electron chi connectivity index (χ3n) is 2.55. The number of nitrogens with one attached hydrogen (secondary N) is 1. The summed E-state index contributed by atoms with van der Waals surface area (Å²) in [5, 5.41) is 0. The molecule has 0 saturated heterocycles. The Morgan fingerprint density at radius 2 is 1.95 bits per heavy atom. The molecular formula is C15H22BrNO3S. The first-order valence-corrected chi connectivity index (χ1v) is 8.69. The molecule has 0 heterocycles. The zero-order valence-electron chi connectivity index (χ0n) is 13.0. The van der Waals surface area contributed by atoms with Crippen molar-refractivity contribution >= 4 is 32.9 Å². The van der Waals surface area contributed by atoms with Crippen LogP contribution in [-0.2, 0) is 20.5 Å². The van der Waals surface area contributed by atoms with Crippen molar-refractivity contribution in [1.29, 1.82) is 0 Å². The lowest BCUT2D eigenvalue weighted by atomic mass is 10.1. The van der Waals surface area contributed by atoms with E-state index in [0.717, 1.165) is 4.47 Å². The van der Waals surface area contributed by atoms with Crippen LogP contribution in [0.25, 0.3) is 0 Å². The topological polar surface area (TPSA) is 55.4 Å². The van der Waals surface area contributed by atoms with Gasteiger partial charge in [0.2, 0.25) is 0 Å². The zero-order chi connectivity index (χ0) is 16.2. The van der Waals surface area contributed by atoms with Crippen molar-refractivity contribution in [3.05, 3.63) is 34.3 Å². The highest BCUT2D eigenvalue weighted by molar-refractivity contribution is 9.10. The minimum absolute atomic E-state index is 0.225. The molecule has 1 unspecified atom stereocenters. The first-order chi connectivity index (χ1) is 9.61. The molecule has 1 aromatic carbocycles. The standard InChI is InChI=1S/C15H22BrNO3S/c1-10(2)20-14(18)13(17-21(19)15(3,4)5)11-7-6-8-12(16)9-11/h6-10,13,17H,1-5H3/t13-,21?/m1/s1. The Morgan fingerprint density at radius 1 is 1.33 bits per heavy atom. The molecule has 1 N–H and O–H groups in total. The van der Waals surface area contributed by atoms with Crippen molar-refractivity contribution < 1.29 is 13.7 Å². The van der Waals surface area contributed by atoms with E-state index in [1.165, 1.54) is 0 Å². The second-order valence-corrected chi connectivity index (χ2v) is 8.89. The minimum Gasteiger partial charge on any atom is -0.462 e. The number of rotatable bonds is 5. The van der Waals surface area contributed by atoms with Gasteiger partial charge in [0.15, 0.2) is 0 Å². The molecule has 0 aliphatic rings. The Labute approximate surface area is 137 Å². The van der Waals surface area contributed by atoms with Gasteiger partial charge in [-0.3, -0.25) is 0 Å². The average Bonchev–Trinajstić information content (AvgIpc) is 2.33. The third-order valence-corrected chi connectivity index (χ3v) is 4.61. The first kappa shape index (κ1) is 18.3. The van der Waals surface area contributed by atoms with Gasteiger partial charge in [-0.25, -0.2) is 13.7 Å². The molecule has 0 aliphatic heterocycles. The van der Waals surface area contributed by atoms with Crippen molar-refractivity contribution in [1.82, 2.24) is 4.72 Å². The molecule has 0 aromatic heterocycles. The molecule has 0 fully saturated rings. The van der Waals surface area contributed by atoms with Gasteiger partial charge in [-0.15, -0.1) is 0 Å². The van der Waals surface area contributed by atoms with Crippen molar-refractivity contribution in [2.24, 2.45) is 0 Å². The van der Waals surface area contributed by atoms with Crippen LogP contribution in [-0.4, -0.2) is 21.0 Å². The maximum Gasteiger partial charge on any atom is 0.328 e. The fourth-order valence-corrected chi connectivity index (χ4v) is 2.74. The van der Waals surface area contributed by atoms with Crippen LogP contribution in [0.1, 0.15) is 46.2 Å². The highest BCUT2D eigenvalue weighted by Crippen LogP contribution is 2.22. The lowest BCUT2D eigenvalue weighted by Gasteiger charge is -2.24. The summed E-state index contributed by atoms with van der Waals surface area (Å²) >= 11 is 3.38. The zero-order valence-corrected chi connectivity index (χ0v) is 15.4. The fourth-order valence-electron chi connectivity index (χ4n) is 1.52. The van der Waals surface area contributed by atoms with Gasteiger partial charge in [0.1, 0.15) is 6.04 Å². The van der Waals surface area contributed by atoms with E-state index in [0.29, 0.717) is 5.56 Å². The number of ether oxygens (including phenoxy) is 1. The predicted molar refractivity (Wildman–Crippen MR) is 89.1 cm³/mol. The van der Waals surface area contributed by atoms with E-state index >= 15 is 0 Å². The van der Waals surface area contributed by atoms with Gasteiger partial charge in [-0.1, -0.05) is 28.1 Å². The molecule has 1 aromatic rings. The molecule has 21 heavy (non-hydrogen) atoms. The van der Waals surface area contributed by atoms with E-state index < -0.39 is 27.7 Å². The summed E-state index contributed by atoms with van der Waals surface area (Å²) in [7, 11) is -1.38. The lowest BCUT2D eigenvalue weighted by Crippen LogP contribution is -2.39. The monoisotopic (exact) mass is 375 g/mol. The van der Waals surface area contributed by atoms with Crippen LogP contribution in [0.3, 0.4) is 0 Å². The van der Waals surface area contributed by atoms with Crippen molar-refractivity contribution in [2.45, 2.75) is 51.5 Å². The van der Waals surface area contributed by atoms with Gasteiger partial charge in [-0.05, 0) is 52.3 Å². The van der Waals surface area contributed by atoms with Crippen LogP contribution >= 0.6 is 15.9 Å². The average molecular weight is 376 g/mol. The molecule has 0 aliphatic carbocycles. The molecule has 4 nitrogen and oxygen atoms in total. The van der Waals surface area contributed by atoms with Gasteiger partial charge in [0.25, 0.3) is 0 Å². The molecule has 0 saturated carbocycles. The Morgan fingerprint density at radius 3 is 2.43 bits per heavy atom. The third kappa shape index (κ3) is 5.88. The minimum atomic E-state index is -1.38. The quantitative estimate of drug-likeness (QED) is 0.801. The summed E-state index contributed by atoms with van der Waals surface area (Å²) in [5.41, 5.74) is 0.715. The number of benzene rings is 1. The Bertz CT molecular complexity index is 526. The molecule has 0 radical (unpaired) electrons. The van der Waals surface area contributed by atoms with Crippen LogP contribution in [0.15, 0.2) is 28.7 Å². The van der Waals surface area contributed by atoms with E-state index in [1.54, 1.807) is 13.8 Å². The maximum atomic E-state index is 12.3. The van der Waals surface area contributed by atoms with E-state index in [9.17, 15) is 9.00 Å². The first-order valence-electron chi connectivity index (χ1n) is 6.75. The SMILES string of the molecule is CC(C)OC(=O)[C@H](NS(=O)C(C)(C)C)c1cccc(Br)c1.